The van der Waals surface area contributed by atoms with E-state index in [0.717, 1.165) is 18.1 Å². The van der Waals surface area contributed by atoms with Crippen LogP contribution in [0.2, 0.25) is 5.02 Å². The van der Waals surface area contributed by atoms with Crippen LogP contribution < -0.4 is 5.43 Å². The second-order valence-corrected chi connectivity index (χ2v) is 6.98. The maximum atomic E-state index is 12.3. The molecule has 3 aromatic rings. The Bertz CT molecular complexity index is 1080. The SMILES string of the molecule is CC[C@H](C)c1ccc(C(=O)COC(=O)c2cc(=O)c3cc(Cl)ccc3o2)cc1. The van der Waals surface area contributed by atoms with Crippen LogP contribution in [-0.2, 0) is 4.74 Å². The molecule has 3 rings (SSSR count). The fourth-order valence-corrected chi connectivity index (χ4v) is 2.92. The molecule has 0 aliphatic rings. The van der Waals surface area contributed by atoms with Gasteiger partial charge in [-0.1, -0.05) is 49.7 Å². The summed E-state index contributed by atoms with van der Waals surface area (Å²) in [5.41, 5.74) is 1.40. The molecular weight excluding hydrogens is 380 g/mol. The van der Waals surface area contributed by atoms with Gasteiger partial charge < -0.3 is 9.15 Å². The summed E-state index contributed by atoms with van der Waals surface area (Å²) < 4.78 is 10.4. The van der Waals surface area contributed by atoms with Crippen molar-refractivity contribution >= 4 is 34.3 Å². The van der Waals surface area contributed by atoms with E-state index in [2.05, 4.69) is 13.8 Å². The highest BCUT2D eigenvalue weighted by atomic mass is 35.5. The van der Waals surface area contributed by atoms with E-state index in [-0.39, 0.29) is 22.5 Å². The number of hydrogen-bond acceptors (Lipinski definition) is 5. The standard InChI is InChI=1S/C22H19ClO5/c1-3-13(2)14-4-6-15(7-5-14)19(25)12-27-22(26)21-11-18(24)17-10-16(23)8-9-20(17)28-21/h4-11,13H,3,12H2,1-2H3/t13-/m0/s1. The van der Waals surface area contributed by atoms with E-state index in [1.54, 1.807) is 18.2 Å². The Kier molecular flexibility index (Phi) is 5.95. The van der Waals surface area contributed by atoms with E-state index in [4.69, 9.17) is 20.8 Å². The lowest BCUT2D eigenvalue weighted by Gasteiger charge is -2.09. The first-order chi connectivity index (χ1) is 13.4. The molecule has 0 unspecified atom stereocenters. The van der Waals surface area contributed by atoms with Gasteiger partial charge in [-0.05, 0) is 36.1 Å². The minimum absolute atomic E-state index is 0.218. The summed E-state index contributed by atoms with van der Waals surface area (Å²) in [4.78, 5) is 36.6. The summed E-state index contributed by atoms with van der Waals surface area (Å²) in [5.74, 6) is -1.06. The molecule has 1 atom stereocenters. The molecule has 0 spiro atoms. The molecule has 1 aromatic heterocycles. The number of Topliss-reactive ketones (excluding diaryl/α,β-unsaturated/α-hetero) is 1. The molecule has 0 amide bonds. The van der Waals surface area contributed by atoms with Crippen molar-refractivity contribution in [3.8, 4) is 0 Å². The van der Waals surface area contributed by atoms with E-state index in [0.29, 0.717) is 16.5 Å². The fourth-order valence-electron chi connectivity index (χ4n) is 2.75. The first-order valence-electron chi connectivity index (χ1n) is 8.92. The molecule has 144 valence electrons. The van der Waals surface area contributed by atoms with Crippen molar-refractivity contribution in [3.63, 3.8) is 0 Å². The van der Waals surface area contributed by atoms with Crippen LogP contribution in [0.4, 0.5) is 0 Å². The van der Waals surface area contributed by atoms with Gasteiger partial charge in [0.25, 0.3) is 0 Å². The van der Waals surface area contributed by atoms with Crippen molar-refractivity contribution in [2.75, 3.05) is 6.61 Å². The van der Waals surface area contributed by atoms with Crippen LogP contribution in [0.3, 0.4) is 0 Å². The monoisotopic (exact) mass is 398 g/mol. The van der Waals surface area contributed by atoms with E-state index >= 15 is 0 Å². The Labute approximate surface area is 166 Å². The Morgan fingerprint density at radius 3 is 2.50 bits per heavy atom. The Morgan fingerprint density at radius 2 is 1.82 bits per heavy atom. The van der Waals surface area contributed by atoms with Gasteiger partial charge in [0.1, 0.15) is 5.58 Å². The molecule has 6 heteroatoms. The number of carbonyl (C=O) groups excluding carboxylic acids is 2. The molecule has 5 nitrogen and oxygen atoms in total. The highest BCUT2D eigenvalue weighted by Gasteiger charge is 2.16. The predicted molar refractivity (Wildman–Crippen MR) is 107 cm³/mol. The molecule has 1 heterocycles. The number of esters is 1. The van der Waals surface area contributed by atoms with E-state index in [9.17, 15) is 14.4 Å². The number of carbonyl (C=O) groups is 2. The number of rotatable bonds is 6. The van der Waals surface area contributed by atoms with E-state index in [1.165, 1.54) is 12.1 Å². The summed E-state index contributed by atoms with van der Waals surface area (Å²) in [5, 5.41) is 0.654. The van der Waals surface area contributed by atoms with Gasteiger partial charge in [-0.15, -0.1) is 0 Å². The van der Waals surface area contributed by atoms with Crippen LogP contribution in [0.15, 0.2) is 57.7 Å². The normalized spacial score (nSPS) is 12.0. The third kappa shape index (κ3) is 4.31. The second-order valence-electron chi connectivity index (χ2n) is 6.55. The van der Waals surface area contributed by atoms with Crippen molar-refractivity contribution in [2.45, 2.75) is 26.2 Å². The largest absolute Gasteiger partial charge is 0.451 e. The molecule has 2 aromatic carbocycles. The number of halogens is 1. The van der Waals surface area contributed by atoms with Gasteiger partial charge in [-0.2, -0.15) is 0 Å². The third-order valence-corrected chi connectivity index (χ3v) is 4.87. The Balaban J connectivity index is 1.70. The number of fused-ring (bicyclic) bond motifs is 1. The summed E-state index contributed by atoms with van der Waals surface area (Å²) in [6.07, 6.45) is 1.01. The first kappa shape index (κ1) is 19.8. The summed E-state index contributed by atoms with van der Waals surface area (Å²) in [6, 6.07) is 12.8. The number of hydrogen-bond donors (Lipinski definition) is 0. The molecular formula is C22H19ClO5. The lowest BCUT2D eigenvalue weighted by atomic mass is 9.97. The lowest BCUT2D eigenvalue weighted by Crippen LogP contribution is -2.16. The predicted octanol–water partition coefficient (Wildman–Crippen LogP) is 5.00. The van der Waals surface area contributed by atoms with Crippen molar-refractivity contribution in [1.29, 1.82) is 0 Å². The van der Waals surface area contributed by atoms with Gasteiger partial charge >= 0.3 is 5.97 Å². The molecule has 0 aliphatic carbocycles. The van der Waals surface area contributed by atoms with Crippen molar-refractivity contribution in [2.24, 2.45) is 0 Å². The van der Waals surface area contributed by atoms with E-state index < -0.39 is 18.0 Å². The Hall–Kier alpha value is -2.92. The maximum Gasteiger partial charge on any atom is 0.374 e. The molecule has 0 saturated heterocycles. The zero-order valence-electron chi connectivity index (χ0n) is 15.5. The van der Waals surface area contributed by atoms with Crippen molar-refractivity contribution in [1.82, 2.24) is 0 Å². The molecule has 0 bridgehead atoms. The molecule has 0 N–H and O–H groups in total. The molecule has 0 fully saturated rings. The van der Waals surface area contributed by atoms with Crippen molar-refractivity contribution < 1.29 is 18.7 Å². The molecule has 28 heavy (non-hydrogen) atoms. The quantitative estimate of drug-likeness (QED) is 0.431. The lowest BCUT2D eigenvalue weighted by molar-refractivity contribution is 0.0444. The van der Waals surface area contributed by atoms with Gasteiger partial charge in [0, 0.05) is 16.7 Å². The molecule has 0 radical (unpaired) electrons. The summed E-state index contributed by atoms with van der Waals surface area (Å²) in [7, 11) is 0. The topological polar surface area (TPSA) is 73.6 Å². The van der Waals surface area contributed by atoms with Crippen LogP contribution in [0.25, 0.3) is 11.0 Å². The minimum atomic E-state index is -0.876. The average molecular weight is 399 g/mol. The van der Waals surface area contributed by atoms with Gasteiger partial charge in [-0.3, -0.25) is 9.59 Å². The van der Waals surface area contributed by atoms with Crippen molar-refractivity contribution in [3.05, 3.63) is 80.7 Å². The molecule has 0 aliphatic heterocycles. The van der Waals surface area contributed by atoms with Crippen LogP contribution in [0, 0.1) is 0 Å². The zero-order valence-corrected chi connectivity index (χ0v) is 16.3. The zero-order chi connectivity index (χ0) is 20.3. The summed E-state index contributed by atoms with van der Waals surface area (Å²) in [6.45, 7) is 3.77. The smallest absolute Gasteiger partial charge is 0.374 e. The van der Waals surface area contributed by atoms with Gasteiger partial charge in [0.05, 0.1) is 5.39 Å². The van der Waals surface area contributed by atoms with E-state index in [1.807, 2.05) is 12.1 Å². The van der Waals surface area contributed by atoms with Crippen LogP contribution in [0.1, 0.15) is 52.7 Å². The highest BCUT2D eigenvalue weighted by molar-refractivity contribution is 6.31. The number of ketones is 1. The third-order valence-electron chi connectivity index (χ3n) is 4.64. The minimum Gasteiger partial charge on any atom is -0.451 e. The van der Waals surface area contributed by atoms with Crippen LogP contribution in [0.5, 0.6) is 0 Å². The molecule has 0 saturated carbocycles. The highest BCUT2D eigenvalue weighted by Crippen LogP contribution is 2.20. The second kappa shape index (κ2) is 8.40. The van der Waals surface area contributed by atoms with Gasteiger partial charge in [-0.25, -0.2) is 4.79 Å². The van der Waals surface area contributed by atoms with Crippen LogP contribution >= 0.6 is 11.6 Å². The average Bonchev–Trinajstić information content (AvgIpc) is 2.71. The first-order valence-corrected chi connectivity index (χ1v) is 9.30. The fraction of sp³-hybridized carbons (Fsp3) is 0.227. The summed E-state index contributed by atoms with van der Waals surface area (Å²) >= 11 is 5.86. The van der Waals surface area contributed by atoms with Gasteiger partial charge in [0.15, 0.2) is 17.8 Å². The number of benzene rings is 2. The Morgan fingerprint density at radius 1 is 1.11 bits per heavy atom. The maximum absolute atomic E-state index is 12.3. The van der Waals surface area contributed by atoms with Gasteiger partial charge in [0.2, 0.25) is 5.76 Å². The van der Waals surface area contributed by atoms with Crippen LogP contribution in [-0.4, -0.2) is 18.4 Å². The number of ether oxygens (including phenoxy) is 1.